The Bertz CT molecular complexity index is 1230. The Morgan fingerprint density at radius 2 is 1.70 bits per heavy atom. The van der Waals surface area contributed by atoms with E-state index in [1.165, 1.54) is 22.2 Å². The van der Waals surface area contributed by atoms with Crippen LogP contribution in [-0.4, -0.2) is 23.4 Å². The predicted octanol–water partition coefficient (Wildman–Crippen LogP) is 7.17. The van der Waals surface area contributed by atoms with Gasteiger partial charge in [-0.25, -0.2) is 0 Å². The van der Waals surface area contributed by atoms with E-state index in [2.05, 4.69) is 0 Å². The largest absolute Gasteiger partial charge is 0.490 e. The Morgan fingerprint density at radius 3 is 2.45 bits per heavy atom. The quantitative estimate of drug-likeness (QED) is 0.189. The minimum absolute atomic E-state index is 0.221. The van der Waals surface area contributed by atoms with E-state index in [1.54, 1.807) is 48.5 Å². The van der Waals surface area contributed by atoms with Gasteiger partial charge in [-0.1, -0.05) is 70.9 Å². The van der Waals surface area contributed by atoms with Crippen LogP contribution in [0.2, 0.25) is 10.0 Å². The lowest BCUT2D eigenvalue weighted by Gasteiger charge is -2.14. The van der Waals surface area contributed by atoms with Gasteiger partial charge in [0.15, 0.2) is 4.32 Å². The molecule has 0 bridgehead atoms. The summed E-state index contributed by atoms with van der Waals surface area (Å²) in [6.45, 7) is 2.74. The number of rotatable bonds is 7. The molecule has 3 aromatic carbocycles. The number of benzene rings is 3. The van der Waals surface area contributed by atoms with Crippen LogP contribution in [-0.2, 0) is 4.79 Å². The Kier molecular flexibility index (Phi) is 7.60. The molecule has 1 amide bonds. The molecule has 4 rings (SSSR count). The normalized spacial score (nSPS) is 14.8. The Hall–Kier alpha value is -2.51. The molecule has 0 atom stereocenters. The highest BCUT2D eigenvalue weighted by molar-refractivity contribution is 8.27. The number of carbonyl (C=O) groups excluding carboxylic acids is 1. The molecule has 1 heterocycles. The van der Waals surface area contributed by atoms with Crippen molar-refractivity contribution in [3.8, 4) is 11.5 Å². The van der Waals surface area contributed by atoms with Crippen molar-refractivity contribution < 1.29 is 14.3 Å². The van der Waals surface area contributed by atoms with Gasteiger partial charge < -0.3 is 9.47 Å². The van der Waals surface area contributed by atoms with Crippen molar-refractivity contribution in [2.75, 3.05) is 18.1 Å². The number of nitrogens with zero attached hydrogens (tertiary/aromatic N) is 1. The third-order valence-electron chi connectivity index (χ3n) is 4.75. The molecule has 0 radical (unpaired) electrons. The van der Waals surface area contributed by atoms with Gasteiger partial charge in [-0.05, 0) is 61.5 Å². The molecule has 1 aliphatic heterocycles. The molecule has 0 aliphatic carbocycles. The number of thioether (sulfide) groups is 1. The van der Waals surface area contributed by atoms with Gasteiger partial charge >= 0.3 is 0 Å². The molecule has 8 heteroatoms. The maximum atomic E-state index is 13.1. The number of anilines is 1. The second kappa shape index (κ2) is 10.6. The molecule has 0 spiro atoms. The summed E-state index contributed by atoms with van der Waals surface area (Å²) in [7, 11) is 0. The molecule has 3 aromatic rings. The summed E-state index contributed by atoms with van der Waals surface area (Å²) < 4.78 is 12.1. The second-order valence-corrected chi connectivity index (χ2v) is 9.74. The van der Waals surface area contributed by atoms with E-state index in [0.29, 0.717) is 49.5 Å². The highest BCUT2D eigenvalue weighted by Gasteiger charge is 2.33. The summed E-state index contributed by atoms with van der Waals surface area (Å²) >= 11 is 19.0. The fraction of sp³-hybridized carbons (Fsp3) is 0.120. The molecule has 0 unspecified atom stereocenters. The number of hydrogen-bond donors (Lipinski definition) is 0. The Labute approximate surface area is 212 Å². The molecular formula is C25H19Cl2NO3S2. The van der Waals surface area contributed by atoms with E-state index in [0.717, 1.165) is 5.75 Å². The number of aryl methyl sites for hydroxylation is 1. The topological polar surface area (TPSA) is 38.8 Å². The van der Waals surface area contributed by atoms with E-state index in [9.17, 15) is 4.79 Å². The fourth-order valence-corrected chi connectivity index (χ4v) is 4.81. The smallest absolute Gasteiger partial charge is 0.270 e. The minimum atomic E-state index is -0.221. The van der Waals surface area contributed by atoms with Crippen LogP contribution in [0, 0.1) is 6.92 Å². The number of hydrogen-bond acceptors (Lipinski definition) is 5. The van der Waals surface area contributed by atoms with Crippen molar-refractivity contribution >= 4 is 69.2 Å². The summed E-state index contributed by atoms with van der Waals surface area (Å²) in [5.41, 5.74) is 2.49. The van der Waals surface area contributed by atoms with Crippen LogP contribution in [0.3, 0.4) is 0 Å². The zero-order chi connectivity index (χ0) is 23.4. The standard InChI is InChI=1S/C25H19Cl2NO3S2/c1-16-5-8-21(9-6-16)30-11-12-31-22-10-7-19(27)13-17(22)14-23-24(29)28(25(32)33-23)20-4-2-3-18(26)15-20/h2-10,13-15H,11-12H2,1H3/b23-14+. The molecular weight excluding hydrogens is 497 g/mol. The van der Waals surface area contributed by atoms with E-state index in [-0.39, 0.29) is 5.91 Å². The molecule has 1 aliphatic rings. The molecule has 1 fully saturated rings. The molecule has 1 saturated heterocycles. The number of carbonyl (C=O) groups is 1. The van der Waals surface area contributed by atoms with Crippen molar-refractivity contribution in [1.82, 2.24) is 0 Å². The summed E-state index contributed by atoms with van der Waals surface area (Å²) in [4.78, 5) is 15.0. The number of halogens is 2. The maximum absolute atomic E-state index is 13.1. The van der Waals surface area contributed by atoms with E-state index < -0.39 is 0 Å². The average molecular weight is 516 g/mol. The fourth-order valence-electron chi connectivity index (χ4n) is 3.16. The lowest BCUT2D eigenvalue weighted by Crippen LogP contribution is -2.27. The third-order valence-corrected chi connectivity index (χ3v) is 6.52. The highest BCUT2D eigenvalue weighted by atomic mass is 35.5. The van der Waals surface area contributed by atoms with Gasteiger partial charge in [0.05, 0.1) is 10.6 Å². The van der Waals surface area contributed by atoms with Crippen molar-refractivity contribution in [1.29, 1.82) is 0 Å². The zero-order valence-corrected chi connectivity index (χ0v) is 20.7. The van der Waals surface area contributed by atoms with Gasteiger partial charge in [0, 0.05) is 15.6 Å². The van der Waals surface area contributed by atoms with Crippen LogP contribution in [0.25, 0.3) is 6.08 Å². The third kappa shape index (κ3) is 5.89. The lowest BCUT2D eigenvalue weighted by molar-refractivity contribution is -0.113. The Balaban J connectivity index is 1.48. The van der Waals surface area contributed by atoms with E-state index in [1.807, 2.05) is 31.2 Å². The van der Waals surface area contributed by atoms with Crippen molar-refractivity contribution in [3.63, 3.8) is 0 Å². The van der Waals surface area contributed by atoms with Crippen LogP contribution < -0.4 is 14.4 Å². The van der Waals surface area contributed by atoms with Crippen molar-refractivity contribution in [2.45, 2.75) is 6.92 Å². The van der Waals surface area contributed by atoms with Crippen LogP contribution in [0.1, 0.15) is 11.1 Å². The van der Waals surface area contributed by atoms with Crippen LogP contribution in [0.4, 0.5) is 5.69 Å². The molecule has 33 heavy (non-hydrogen) atoms. The van der Waals surface area contributed by atoms with Crippen molar-refractivity contribution in [2.24, 2.45) is 0 Å². The van der Waals surface area contributed by atoms with Gasteiger partial charge in [0.25, 0.3) is 5.91 Å². The first kappa shape index (κ1) is 23.6. The predicted molar refractivity (Wildman–Crippen MR) is 141 cm³/mol. The number of ether oxygens (including phenoxy) is 2. The van der Waals surface area contributed by atoms with E-state index in [4.69, 9.17) is 44.9 Å². The summed E-state index contributed by atoms with van der Waals surface area (Å²) in [6.07, 6.45) is 1.74. The molecule has 0 N–H and O–H groups in total. The molecule has 168 valence electrons. The highest BCUT2D eigenvalue weighted by Crippen LogP contribution is 2.38. The van der Waals surface area contributed by atoms with Gasteiger partial charge in [0.1, 0.15) is 24.7 Å². The van der Waals surface area contributed by atoms with Crippen molar-refractivity contribution in [3.05, 3.63) is 92.8 Å². The second-order valence-electron chi connectivity index (χ2n) is 7.19. The lowest BCUT2D eigenvalue weighted by atomic mass is 10.1. The Morgan fingerprint density at radius 1 is 0.970 bits per heavy atom. The summed E-state index contributed by atoms with van der Waals surface area (Å²) in [5, 5.41) is 1.07. The first-order chi connectivity index (χ1) is 15.9. The molecule has 4 nitrogen and oxygen atoms in total. The van der Waals surface area contributed by atoms with Gasteiger partial charge in [-0.15, -0.1) is 0 Å². The van der Waals surface area contributed by atoms with Gasteiger partial charge in [-0.3, -0.25) is 9.69 Å². The number of amides is 1. The van der Waals surface area contributed by atoms with Gasteiger partial charge in [0.2, 0.25) is 0 Å². The van der Waals surface area contributed by atoms with Gasteiger partial charge in [-0.2, -0.15) is 0 Å². The molecule has 0 saturated carbocycles. The minimum Gasteiger partial charge on any atom is -0.490 e. The SMILES string of the molecule is Cc1ccc(OCCOc2ccc(Cl)cc2/C=C2/SC(=S)N(c3cccc(Cl)c3)C2=O)cc1. The first-order valence-corrected chi connectivity index (χ1v) is 12.0. The first-order valence-electron chi connectivity index (χ1n) is 10.1. The zero-order valence-electron chi connectivity index (χ0n) is 17.6. The molecule has 0 aromatic heterocycles. The monoisotopic (exact) mass is 515 g/mol. The van der Waals surface area contributed by atoms with Crippen LogP contribution >= 0.6 is 47.2 Å². The van der Waals surface area contributed by atoms with Crippen LogP contribution in [0.15, 0.2) is 71.6 Å². The summed E-state index contributed by atoms with van der Waals surface area (Å²) in [6, 6.07) is 20.1. The summed E-state index contributed by atoms with van der Waals surface area (Å²) in [5.74, 6) is 1.16. The average Bonchev–Trinajstić information content (AvgIpc) is 3.06. The maximum Gasteiger partial charge on any atom is 0.270 e. The number of thiocarbonyl (C=S) groups is 1. The van der Waals surface area contributed by atoms with Crippen LogP contribution in [0.5, 0.6) is 11.5 Å². The van der Waals surface area contributed by atoms with E-state index >= 15 is 0 Å².